The highest BCUT2D eigenvalue weighted by Crippen LogP contribution is 2.28. The maximum Gasteiger partial charge on any atom is 0.0176 e. The Labute approximate surface area is 112 Å². The Morgan fingerprint density at radius 1 is 1.29 bits per heavy atom. The predicted octanol–water partition coefficient (Wildman–Crippen LogP) is 2.29. The largest absolute Gasteiger partial charge is 0.330 e. The smallest absolute Gasteiger partial charge is 0.0176 e. The van der Waals surface area contributed by atoms with Gasteiger partial charge in [-0.25, -0.2) is 0 Å². The monoisotopic (exact) mass is 416 g/mol. The van der Waals surface area contributed by atoms with Crippen LogP contribution in [0.5, 0.6) is 0 Å². The third-order valence-electron chi connectivity index (χ3n) is 2.26. The molecule has 0 bridgehead atoms. The molecule has 4 N–H and O–H groups in total. The SMILES string of the molecule is CC(N)C(CN)c1c(I)cccc1I. The van der Waals surface area contributed by atoms with Crippen molar-refractivity contribution in [3.8, 4) is 0 Å². The van der Waals surface area contributed by atoms with Crippen molar-refractivity contribution in [2.45, 2.75) is 18.9 Å². The molecular weight excluding hydrogens is 402 g/mol. The fourth-order valence-corrected chi connectivity index (χ4v) is 3.77. The average Bonchev–Trinajstić information content (AvgIpc) is 2.10. The maximum atomic E-state index is 5.93. The van der Waals surface area contributed by atoms with Crippen molar-refractivity contribution in [1.29, 1.82) is 0 Å². The van der Waals surface area contributed by atoms with Crippen LogP contribution in [0.3, 0.4) is 0 Å². The third-order valence-corrected chi connectivity index (χ3v) is 4.14. The van der Waals surface area contributed by atoms with Crippen LogP contribution < -0.4 is 11.5 Å². The molecule has 14 heavy (non-hydrogen) atoms. The predicted molar refractivity (Wildman–Crippen MR) is 77.3 cm³/mol. The van der Waals surface area contributed by atoms with E-state index in [2.05, 4.69) is 63.4 Å². The van der Waals surface area contributed by atoms with E-state index in [-0.39, 0.29) is 12.0 Å². The summed E-state index contributed by atoms with van der Waals surface area (Å²) in [5.74, 6) is 0.259. The molecule has 1 aromatic rings. The van der Waals surface area contributed by atoms with Crippen LogP contribution in [-0.2, 0) is 0 Å². The lowest BCUT2D eigenvalue weighted by Crippen LogP contribution is -2.31. The molecule has 0 saturated carbocycles. The van der Waals surface area contributed by atoms with Gasteiger partial charge in [0.15, 0.2) is 0 Å². The Hall–Kier alpha value is 0.600. The highest BCUT2D eigenvalue weighted by Gasteiger charge is 2.19. The molecule has 0 aromatic heterocycles. The van der Waals surface area contributed by atoms with E-state index in [1.165, 1.54) is 12.7 Å². The van der Waals surface area contributed by atoms with Crippen molar-refractivity contribution in [1.82, 2.24) is 0 Å². The first kappa shape index (κ1) is 12.7. The lowest BCUT2D eigenvalue weighted by Gasteiger charge is -2.22. The molecule has 1 rings (SSSR count). The Morgan fingerprint density at radius 3 is 2.14 bits per heavy atom. The van der Waals surface area contributed by atoms with Crippen molar-refractivity contribution in [3.05, 3.63) is 30.9 Å². The normalized spacial score (nSPS) is 15.2. The lowest BCUT2D eigenvalue weighted by atomic mass is 9.93. The first-order valence-electron chi connectivity index (χ1n) is 4.47. The first-order chi connectivity index (χ1) is 6.57. The molecule has 0 aliphatic carbocycles. The number of rotatable bonds is 3. The van der Waals surface area contributed by atoms with Gasteiger partial charge in [-0.15, -0.1) is 0 Å². The summed E-state index contributed by atoms with van der Waals surface area (Å²) in [4.78, 5) is 0. The summed E-state index contributed by atoms with van der Waals surface area (Å²) in [5, 5.41) is 0. The van der Waals surface area contributed by atoms with Crippen molar-refractivity contribution >= 4 is 45.2 Å². The van der Waals surface area contributed by atoms with Gasteiger partial charge in [0.25, 0.3) is 0 Å². The Morgan fingerprint density at radius 2 is 1.79 bits per heavy atom. The number of benzene rings is 1. The molecule has 0 fully saturated rings. The topological polar surface area (TPSA) is 52.0 Å². The van der Waals surface area contributed by atoms with E-state index in [1.807, 2.05) is 6.92 Å². The van der Waals surface area contributed by atoms with Crippen LogP contribution in [0.1, 0.15) is 18.4 Å². The van der Waals surface area contributed by atoms with Crippen molar-refractivity contribution in [3.63, 3.8) is 0 Å². The molecule has 0 amide bonds. The van der Waals surface area contributed by atoms with Crippen LogP contribution in [0, 0.1) is 7.14 Å². The molecule has 0 radical (unpaired) electrons. The molecular formula is C10H14I2N2. The van der Waals surface area contributed by atoms with Crippen LogP contribution in [-0.4, -0.2) is 12.6 Å². The van der Waals surface area contributed by atoms with Gasteiger partial charge in [-0.2, -0.15) is 0 Å². The molecule has 78 valence electrons. The van der Waals surface area contributed by atoms with E-state index in [0.29, 0.717) is 6.54 Å². The number of hydrogen-bond donors (Lipinski definition) is 2. The van der Waals surface area contributed by atoms with Crippen molar-refractivity contribution in [2.24, 2.45) is 11.5 Å². The number of nitrogens with two attached hydrogens (primary N) is 2. The molecule has 2 nitrogen and oxygen atoms in total. The Kier molecular flexibility index (Phi) is 5.09. The van der Waals surface area contributed by atoms with Gasteiger partial charge in [-0.1, -0.05) is 6.07 Å². The van der Waals surface area contributed by atoms with Crippen molar-refractivity contribution in [2.75, 3.05) is 6.54 Å². The van der Waals surface area contributed by atoms with Crippen LogP contribution in [0.25, 0.3) is 0 Å². The van der Waals surface area contributed by atoms with E-state index >= 15 is 0 Å². The molecule has 0 aliphatic heterocycles. The van der Waals surface area contributed by atoms with Gasteiger partial charge in [0, 0.05) is 25.6 Å². The maximum absolute atomic E-state index is 5.93. The lowest BCUT2D eigenvalue weighted by molar-refractivity contribution is 0.572. The van der Waals surface area contributed by atoms with E-state index < -0.39 is 0 Å². The molecule has 1 aromatic carbocycles. The van der Waals surface area contributed by atoms with Gasteiger partial charge < -0.3 is 11.5 Å². The van der Waals surface area contributed by atoms with E-state index in [9.17, 15) is 0 Å². The zero-order valence-electron chi connectivity index (χ0n) is 8.00. The van der Waals surface area contributed by atoms with Crippen LogP contribution in [0.15, 0.2) is 18.2 Å². The minimum Gasteiger partial charge on any atom is -0.330 e. The van der Waals surface area contributed by atoms with Crippen LogP contribution in [0.2, 0.25) is 0 Å². The molecule has 0 saturated heterocycles. The summed E-state index contributed by atoms with van der Waals surface area (Å²) in [6.45, 7) is 2.62. The second-order valence-electron chi connectivity index (χ2n) is 3.34. The fraction of sp³-hybridized carbons (Fsp3) is 0.400. The molecule has 0 heterocycles. The van der Waals surface area contributed by atoms with Crippen molar-refractivity contribution < 1.29 is 0 Å². The second kappa shape index (κ2) is 5.62. The fourth-order valence-electron chi connectivity index (χ4n) is 1.46. The number of halogens is 2. The van der Waals surface area contributed by atoms with Gasteiger partial charge in [0.2, 0.25) is 0 Å². The molecule has 2 atom stereocenters. The van der Waals surface area contributed by atoms with E-state index in [4.69, 9.17) is 11.5 Å². The number of hydrogen-bond acceptors (Lipinski definition) is 2. The average molecular weight is 416 g/mol. The van der Waals surface area contributed by atoms with Gasteiger partial charge >= 0.3 is 0 Å². The zero-order chi connectivity index (χ0) is 10.7. The molecule has 2 unspecified atom stereocenters. The van der Waals surface area contributed by atoms with Gasteiger partial charge in [0.1, 0.15) is 0 Å². The summed E-state index contributed by atoms with van der Waals surface area (Å²) >= 11 is 4.68. The summed E-state index contributed by atoms with van der Waals surface area (Å²) < 4.78 is 2.50. The van der Waals surface area contributed by atoms with Gasteiger partial charge in [-0.3, -0.25) is 0 Å². The molecule has 0 aliphatic rings. The Bertz CT molecular complexity index is 293. The quantitative estimate of drug-likeness (QED) is 0.744. The van der Waals surface area contributed by atoms with Gasteiger partial charge in [-0.05, 0) is 69.8 Å². The van der Waals surface area contributed by atoms with E-state index in [0.717, 1.165) is 0 Å². The molecule has 4 heteroatoms. The Balaban J connectivity index is 3.15. The molecule has 0 spiro atoms. The van der Waals surface area contributed by atoms with Gasteiger partial charge in [0.05, 0.1) is 0 Å². The van der Waals surface area contributed by atoms with Crippen LogP contribution in [0.4, 0.5) is 0 Å². The second-order valence-corrected chi connectivity index (χ2v) is 5.66. The summed E-state index contributed by atoms with van der Waals surface area (Å²) in [7, 11) is 0. The summed E-state index contributed by atoms with van der Waals surface area (Å²) in [5.41, 5.74) is 13.0. The zero-order valence-corrected chi connectivity index (χ0v) is 12.3. The summed E-state index contributed by atoms with van der Waals surface area (Å²) in [6, 6.07) is 6.36. The van der Waals surface area contributed by atoms with E-state index in [1.54, 1.807) is 0 Å². The summed E-state index contributed by atoms with van der Waals surface area (Å²) in [6.07, 6.45) is 0. The highest BCUT2D eigenvalue weighted by atomic mass is 127. The standard InChI is InChI=1S/C10H14I2N2/c1-6(14)7(5-13)10-8(11)3-2-4-9(10)12/h2-4,6-7H,5,13-14H2,1H3. The highest BCUT2D eigenvalue weighted by molar-refractivity contribution is 14.1. The van der Waals surface area contributed by atoms with Crippen LogP contribution >= 0.6 is 45.2 Å². The first-order valence-corrected chi connectivity index (χ1v) is 6.63. The minimum atomic E-state index is 0.101. The minimum absolute atomic E-state index is 0.101. The third kappa shape index (κ3) is 2.80.